The van der Waals surface area contributed by atoms with Crippen LogP contribution in [0, 0.1) is 0 Å². The summed E-state index contributed by atoms with van der Waals surface area (Å²) in [6, 6.07) is -0.437. The second-order valence-electron chi connectivity index (χ2n) is 4.32. The highest BCUT2D eigenvalue weighted by atomic mass is 16.5. The first-order valence-corrected chi connectivity index (χ1v) is 6.39. The van der Waals surface area contributed by atoms with Crippen LogP contribution >= 0.6 is 0 Å². The van der Waals surface area contributed by atoms with Crippen molar-refractivity contribution in [2.75, 3.05) is 26.4 Å². The number of hydrogen-bond donors (Lipinski definition) is 2. The molecule has 0 bridgehead atoms. The second kappa shape index (κ2) is 8.44. The minimum Gasteiger partial charge on any atom is -0.480 e. The van der Waals surface area contributed by atoms with Gasteiger partial charge in [0.1, 0.15) is 6.04 Å². The van der Waals surface area contributed by atoms with Gasteiger partial charge in [-0.1, -0.05) is 6.92 Å². The largest absolute Gasteiger partial charge is 0.480 e. The molecule has 0 aromatic rings. The minimum atomic E-state index is -0.784. The van der Waals surface area contributed by atoms with Crippen LogP contribution in [-0.2, 0) is 14.3 Å². The van der Waals surface area contributed by atoms with Gasteiger partial charge < -0.3 is 19.9 Å². The van der Waals surface area contributed by atoms with Crippen LogP contribution in [0.4, 0.5) is 0 Å². The van der Waals surface area contributed by atoms with Gasteiger partial charge in [-0.2, -0.15) is 0 Å². The summed E-state index contributed by atoms with van der Waals surface area (Å²) in [5.74, 6) is -0.784. The second-order valence-corrected chi connectivity index (χ2v) is 4.32. The third-order valence-corrected chi connectivity index (χ3v) is 2.89. The fraction of sp³-hybridized carbons (Fsp3) is 0.917. The molecule has 0 aromatic carbocycles. The minimum absolute atomic E-state index is 0.269. The Hall–Kier alpha value is -0.650. The molecule has 1 aliphatic rings. The molecule has 5 nitrogen and oxygen atoms in total. The maximum atomic E-state index is 10.7. The number of carboxylic acid groups (broad SMARTS) is 1. The molecule has 2 atom stereocenters. The summed E-state index contributed by atoms with van der Waals surface area (Å²) in [7, 11) is 0. The maximum Gasteiger partial charge on any atom is 0.320 e. The Bertz CT molecular complexity index is 217. The van der Waals surface area contributed by atoms with Gasteiger partial charge in [0.2, 0.25) is 0 Å². The molecule has 2 N–H and O–H groups in total. The van der Waals surface area contributed by atoms with E-state index in [1.807, 2.05) is 6.92 Å². The topological polar surface area (TPSA) is 67.8 Å². The van der Waals surface area contributed by atoms with Crippen LogP contribution in [0.3, 0.4) is 0 Å². The van der Waals surface area contributed by atoms with E-state index in [0.29, 0.717) is 26.2 Å². The number of nitrogens with one attached hydrogen (secondary N) is 1. The summed E-state index contributed by atoms with van der Waals surface area (Å²) in [4.78, 5) is 10.7. The predicted molar refractivity (Wildman–Crippen MR) is 64.1 cm³/mol. The fourth-order valence-corrected chi connectivity index (χ4v) is 1.85. The average molecular weight is 245 g/mol. The first kappa shape index (κ1) is 14.4. The van der Waals surface area contributed by atoms with Gasteiger partial charge in [-0.3, -0.25) is 4.79 Å². The van der Waals surface area contributed by atoms with Crippen LogP contribution < -0.4 is 5.32 Å². The van der Waals surface area contributed by atoms with Gasteiger partial charge in [-0.15, -0.1) is 0 Å². The molecule has 100 valence electrons. The lowest BCUT2D eigenvalue weighted by Gasteiger charge is -2.13. The summed E-state index contributed by atoms with van der Waals surface area (Å²) in [6.45, 7) is 4.71. The Labute approximate surface area is 102 Å². The van der Waals surface area contributed by atoms with Crippen molar-refractivity contribution in [3.63, 3.8) is 0 Å². The monoisotopic (exact) mass is 245 g/mol. The van der Waals surface area contributed by atoms with Crippen molar-refractivity contribution in [1.29, 1.82) is 0 Å². The van der Waals surface area contributed by atoms with Gasteiger partial charge in [-0.05, 0) is 32.2 Å². The van der Waals surface area contributed by atoms with Crippen LogP contribution in [0.25, 0.3) is 0 Å². The molecule has 2 unspecified atom stereocenters. The molecule has 0 aliphatic carbocycles. The zero-order chi connectivity index (χ0) is 12.5. The fourth-order valence-electron chi connectivity index (χ4n) is 1.85. The summed E-state index contributed by atoms with van der Waals surface area (Å²) in [6.07, 6.45) is 3.93. The summed E-state index contributed by atoms with van der Waals surface area (Å²) < 4.78 is 10.9. The predicted octanol–water partition coefficient (Wildman–Crippen LogP) is 1.02. The first-order valence-electron chi connectivity index (χ1n) is 6.39. The Morgan fingerprint density at radius 3 is 3.06 bits per heavy atom. The van der Waals surface area contributed by atoms with E-state index in [1.54, 1.807) is 0 Å². The Kier molecular flexibility index (Phi) is 7.16. The van der Waals surface area contributed by atoms with Crippen LogP contribution in [0.2, 0.25) is 0 Å². The summed E-state index contributed by atoms with van der Waals surface area (Å²) in [5.41, 5.74) is 0. The van der Waals surface area contributed by atoms with E-state index >= 15 is 0 Å². The van der Waals surface area contributed by atoms with Crippen molar-refractivity contribution in [3.8, 4) is 0 Å². The smallest absolute Gasteiger partial charge is 0.320 e. The van der Waals surface area contributed by atoms with Crippen LogP contribution in [0.5, 0.6) is 0 Å². The van der Waals surface area contributed by atoms with Crippen LogP contribution in [0.1, 0.15) is 32.6 Å². The Morgan fingerprint density at radius 2 is 2.47 bits per heavy atom. The van der Waals surface area contributed by atoms with E-state index in [4.69, 9.17) is 14.6 Å². The standard InChI is InChI=1S/C12H23NO4/c1-2-11(12(14)15)13-6-4-7-16-9-10-5-3-8-17-10/h10-11,13H,2-9H2,1H3,(H,14,15). The molecule has 1 saturated heterocycles. The Balaban J connectivity index is 1.91. The first-order chi connectivity index (χ1) is 8.24. The van der Waals surface area contributed by atoms with Crippen molar-refractivity contribution in [3.05, 3.63) is 0 Å². The van der Waals surface area contributed by atoms with E-state index < -0.39 is 12.0 Å². The molecule has 1 rings (SSSR count). The number of hydrogen-bond acceptors (Lipinski definition) is 4. The lowest BCUT2D eigenvalue weighted by atomic mass is 10.2. The number of rotatable bonds is 9. The van der Waals surface area contributed by atoms with Gasteiger partial charge in [0, 0.05) is 13.2 Å². The highest BCUT2D eigenvalue weighted by Crippen LogP contribution is 2.11. The molecule has 1 fully saturated rings. The Morgan fingerprint density at radius 1 is 1.65 bits per heavy atom. The number of carbonyl (C=O) groups is 1. The van der Waals surface area contributed by atoms with Crippen molar-refractivity contribution < 1.29 is 19.4 Å². The molecule has 0 amide bonds. The molecule has 0 spiro atoms. The molecule has 1 aliphatic heterocycles. The van der Waals surface area contributed by atoms with Crippen molar-refractivity contribution in [2.45, 2.75) is 44.8 Å². The highest BCUT2D eigenvalue weighted by Gasteiger charge is 2.15. The van der Waals surface area contributed by atoms with E-state index in [-0.39, 0.29) is 6.10 Å². The van der Waals surface area contributed by atoms with Crippen molar-refractivity contribution in [1.82, 2.24) is 5.32 Å². The molecule has 17 heavy (non-hydrogen) atoms. The van der Waals surface area contributed by atoms with E-state index in [2.05, 4.69) is 5.32 Å². The SMILES string of the molecule is CCC(NCCCOCC1CCCO1)C(=O)O. The average Bonchev–Trinajstić information content (AvgIpc) is 2.80. The zero-order valence-electron chi connectivity index (χ0n) is 10.5. The van der Waals surface area contributed by atoms with Gasteiger partial charge >= 0.3 is 5.97 Å². The molecule has 0 saturated carbocycles. The van der Waals surface area contributed by atoms with Gasteiger partial charge in [0.15, 0.2) is 0 Å². The van der Waals surface area contributed by atoms with Crippen molar-refractivity contribution in [2.24, 2.45) is 0 Å². The van der Waals surface area contributed by atoms with E-state index in [0.717, 1.165) is 25.9 Å². The van der Waals surface area contributed by atoms with E-state index in [1.165, 1.54) is 0 Å². The van der Waals surface area contributed by atoms with Gasteiger partial charge in [0.25, 0.3) is 0 Å². The number of carboxylic acids is 1. The van der Waals surface area contributed by atoms with Crippen molar-refractivity contribution >= 4 is 5.97 Å². The maximum absolute atomic E-state index is 10.7. The van der Waals surface area contributed by atoms with Crippen LogP contribution in [0.15, 0.2) is 0 Å². The third kappa shape index (κ3) is 6.00. The molecule has 0 aromatic heterocycles. The number of ether oxygens (including phenoxy) is 2. The van der Waals surface area contributed by atoms with E-state index in [9.17, 15) is 4.79 Å². The summed E-state index contributed by atoms with van der Waals surface area (Å²) >= 11 is 0. The van der Waals surface area contributed by atoms with Gasteiger partial charge in [-0.25, -0.2) is 0 Å². The number of aliphatic carboxylic acids is 1. The van der Waals surface area contributed by atoms with Gasteiger partial charge in [0.05, 0.1) is 12.7 Å². The molecule has 0 radical (unpaired) electrons. The van der Waals surface area contributed by atoms with Crippen LogP contribution in [-0.4, -0.2) is 49.6 Å². The normalized spacial score (nSPS) is 21.6. The third-order valence-electron chi connectivity index (χ3n) is 2.89. The molecule has 1 heterocycles. The summed E-state index contributed by atoms with van der Waals surface area (Å²) in [5, 5.41) is 11.8. The lowest BCUT2D eigenvalue weighted by molar-refractivity contribution is -0.139. The zero-order valence-corrected chi connectivity index (χ0v) is 10.5. The molecular weight excluding hydrogens is 222 g/mol. The lowest BCUT2D eigenvalue weighted by Crippen LogP contribution is -2.36. The highest BCUT2D eigenvalue weighted by molar-refractivity contribution is 5.73. The molecule has 5 heteroatoms. The quantitative estimate of drug-likeness (QED) is 0.594. The molecular formula is C12H23NO4.